The van der Waals surface area contributed by atoms with Gasteiger partial charge in [0, 0.05) is 30.9 Å². The Kier molecular flexibility index (Phi) is 5.75. The molecule has 0 bridgehead atoms. The van der Waals surface area contributed by atoms with Crippen LogP contribution in [0.1, 0.15) is 30.6 Å². The van der Waals surface area contributed by atoms with Crippen molar-refractivity contribution in [3.8, 4) is 0 Å². The van der Waals surface area contributed by atoms with Crippen molar-refractivity contribution in [3.05, 3.63) is 78.0 Å². The van der Waals surface area contributed by atoms with E-state index in [0.29, 0.717) is 19.5 Å². The minimum atomic E-state index is 0.0509. The van der Waals surface area contributed by atoms with Crippen LogP contribution in [0.4, 0.5) is 0 Å². The molecule has 0 saturated carbocycles. The first-order valence-corrected chi connectivity index (χ1v) is 8.62. The summed E-state index contributed by atoms with van der Waals surface area (Å²) in [5.74, 6) is 0.0509. The molecule has 3 rings (SSSR count). The normalized spacial score (nSPS) is 12.0. The van der Waals surface area contributed by atoms with Crippen LogP contribution in [-0.4, -0.2) is 17.4 Å². The molecule has 1 atom stereocenters. The number of amides is 1. The predicted molar refractivity (Wildman–Crippen MR) is 101 cm³/mol. The molecular formula is C21H23N3O. The number of nitrogens with zero attached hydrogens (tertiary/aromatic N) is 1. The molecule has 128 valence electrons. The zero-order valence-corrected chi connectivity index (χ0v) is 14.4. The van der Waals surface area contributed by atoms with Crippen LogP contribution in [0.25, 0.3) is 10.9 Å². The summed E-state index contributed by atoms with van der Waals surface area (Å²) in [6, 6.07) is 22.2. The molecule has 4 nitrogen and oxygen atoms in total. The van der Waals surface area contributed by atoms with Gasteiger partial charge in [0.05, 0.1) is 11.2 Å². The van der Waals surface area contributed by atoms with Gasteiger partial charge in [0.1, 0.15) is 0 Å². The minimum Gasteiger partial charge on any atom is -0.352 e. The number of aromatic nitrogens is 1. The van der Waals surface area contributed by atoms with Gasteiger partial charge in [0.25, 0.3) is 0 Å². The molecule has 0 aliphatic carbocycles. The van der Waals surface area contributed by atoms with Crippen LogP contribution < -0.4 is 10.6 Å². The van der Waals surface area contributed by atoms with Gasteiger partial charge < -0.3 is 10.6 Å². The number of para-hydroxylation sites is 1. The van der Waals surface area contributed by atoms with Gasteiger partial charge in [-0.1, -0.05) is 54.6 Å². The fourth-order valence-electron chi connectivity index (χ4n) is 2.71. The number of benzene rings is 2. The summed E-state index contributed by atoms with van der Waals surface area (Å²) in [4.78, 5) is 16.6. The highest BCUT2D eigenvalue weighted by atomic mass is 16.1. The molecule has 0 fully saturated rings. The van der Waals surface area contributed by atoms with Crippen molar-refractivity contribution in [1.82, 2.24) is 15.6 Å². The first-order chi connectivity index (χ1) is 12.2. The van der Waals surface area contributed by atoms with Gasteiger partial charge in [0.15, 0.2) is 0 Å². The van der Waals surface area contributed by atoms with Gasteiger partial charge in [-0.3, -0.25) is 9.78 Å². The zero-order valence-electron chi connectivity index (χ0n) is 14.4. The van der Waals surface area contributed by atoms with E-state index < -0.39 is 0 Å². The van der Waals surface area contributed by atoms with Crippen molar-refractivity contribution in [2.75, 3.05) is 6.54 Å². The van der Waals surface area contributed by atoms with Crippen LogP contribution in [0.15, 0.2) is 66.7 Å². The van der Waals surface area contributed by atoms with Gasteiger partial charge in [-0.25, -0.2) is 0 Å². The van der Waals surface area contributed by atoms with Crippen LogP contribution in [0.3, 0.4) is 0 Å². The maximum Gasteiger partial charge on any atom is 0.221 e. The SMILES string of the molecule is C[C@@H](NCCC(=O)NCc1ccccc1)c1ccc2ccccc2n1. The molecule has 4 heteroatoms. The molecule has 0 radical (unpaired) electrons. The van der Waals surface area contributed by atoms with E-state index in [2.05, 4.69) is 34.7 Å². The lowest BCUT2D eigenvalue weighted by Crippen LogP contribution is -2.28. The Morgan fingerprint density at radius 1 is 1.00 bits per heavy atom. The largest absolute Gasteiger partial charge is 0.352 e. The standard InChI is InChI=1S/C21H23N3O/c1-16(19-12-11-18-9-5-6-10-20(18)24-19)22-14-13-21(25)23-15-17-7-3-2-4-8-17/h2-12,16,22H,13-15H2,1H3,(H,23,25)/t16-/m1/s1. The second kappa shape index (κ2) is 8.40. The van der Waals surface area contributed by atoms with Crippen molar-refractivity contribution in [3.63, 3.8) is 0 Å². The Balaban J connectivity index is 1.45. The highest BCUT2D eigenvalue weighted by Crippen LogP contribution is 2.16. The molecule has 25 heavy (non-hydrogen) atoms. The fraction of sp³-hybridized carbons (Fsp3) is 0.238. The second-order valence-corrected chi connectivity index (χ2v) is 6.12. The van der Waals surface area contributed by atoms with E-state index in [9.17, 15) is 4.79 Å². The Morgan fingerprint density at radius 3 is 2.60 bits per heavy atom. The van der Waals surface area contributed by atoms with Gasteiger partial charge in [-0.05, 0) is 24.6 Å². The molecule has 3 aromatic rings. The highest BCUT2D eigenvalue weighted by molar-refractivity contribution is 5.78. The van der Waals surface area contributed by atoms with E-state index in [-0.39, 0.29) is 11.9 Å². The Morgan fingerprint density at radius 2 is 1.76 bits per heavy atom. The van der Waals surface area contributed by atoms with Crippen molar-refractivity contribution < 1.29 is 4.79 Å². The van der Waals surface area contributed by atoms with E-state index in [0.717, 1.165) is 22.2 Å². The van der Waals surface area contributed by atoms with Crippen molar-refractivity contribution in [2.45, 2.75) is 25.9 Å². The molecule has 0 saturated heterocycles. The summed E-state index contributed by atoms with van der Waals surface area (Å²) in [6.07, 6.45) is 0.449. The molecule has 0 unspecified atom stereocenters. The Bertz CT molecular complexity index is 833. The number of pyridine rings is 1. The number of hydrogen-bond acceptors (Lipinski definition) is 3. The molecule has 1 aromatic heterocycles. The van der Waals surface area contributed by atoms with E-state index in [4.69, 9.17) is 0 Å². The molecular weight excluding hydrogens is 310 g/mol. The maximum absolute atomic E-state index is 11.9. The summed E-state index contributed by atoms with van der Waals surface area (Å²) in [6.45, 7) is 3.26. The minimum absolute atomic E-state index is 0.0509. The van der Waals surface area contributed by atoms with Gasteiger partial charge in [0.2, 0.25) is 5.91 Å². The van der Waals surface area contributed by atoms with Crippen LogP contribution in [0, 0.1) is 0 Å². The highest BCUT2D eigenvalue weighted by Gasteiger charge is 2.08. The van der Waals surface area contributed by atoms with Gasteiger partial charge in [-0.2, -0.15) is 0 Å². The summed E-state index contributed by atoms with van der Waals surface area (Å²) in [7, 11) is 0. The van der Waals surface area contributed by atoms with E-state index in [1.807, 2.05) is 54.6 Å². The van der Waals surface area contributed by atoms with Crippen molar-refractivity contribution >= 4 is 16.8 Å². The van der Waals surface area contributed by atoms with Crippen LogP contribution >= 0.6 is 0 Å². The average molecular weight is 333 g/mol. The summed E-state index contributed by atoms with van der Waals surface area (Å²) >= 11 is 0. The lowest BCUT2D eigenvalue weighted by atomic mass is 10.1. The number of nitrogens with one attached hydrogen (secondary N) is 2. The Hall–Kier alpha value is -2.72. The average Bonchev–Trinajstić information content (AvgIpc) is 2.66. The number of carbonyl (C=O) groups excluding carboxylic acids is 1. The molecule has 1 heterocycles. The molecule has 1 amide bonds. The lowest BCUT2D eigenvalue weighted by molar-refractivity contribution is -0.121. The third-order valence-corrected chi connectivity index (χ3v) is 4.20. The van der Waals surface area contributed by atoms with Crippen molar-refractivity contribution in [1.29, 1.82) is 0 Å². The quantitative estimate of drug-likeness (QED) is 0.695. The summed E-state index contributed by atoms with van der Waals surface area (Å²) < 4.78 is 0. The van der Waals surface area contributed by atoms with E-state index in [1.165, 1.54) is 0 Å². The number of carbonyl (C=O) groups is 1. The predicted octanol–water partition coefficient (Wildman–Crippen LogP) is 3.59. The fourth-order valence-corrected chi connectivity index (χ4v) is 2.71. The van der Waals surface area contributed by atoms with E-state index >= 15 is 0 Å². The number of hydrogen-bond donors (Lipinski definition) is 2. The third-order valence-electron chi connectivity index (χ3n) is 4.20. The molecule has 2 aromatic carbocycles. The van der Waals surface area contributed by atoms with Gasteiger partial charge >= 0.3 is 0 Å². The first kappa shape index (κ1) is 17.1. The summed E-state index contributed by atoms with van der Waals surface area (Å²) in [5, 5.41) is 7.45. The monoisotopic (exact) mass is 333 g/mol. The van der Waals surface area contributed by atoms with Crippen molar-refractivity contribution in [2.24, 2.45) is 0 Å². The van der Waals surface area contributed by atoms with Crippen LogP contribution in [-0.2, 0) is 11.3 Å². The van der Waals surface area contributed by atoms with Crippen LogP contribution in [0.2, 0.25) is 0 Å². The molecule has 2 N–H and O–H groups in total. The van der Waals surface area contributed by atoms with E-state index in [1.54, 1.807) is 0 Å². The van der Waals surface area contributed by atoms with Gasteiger partial charge in [-0.15, -0.1) is 0 Å². The number of rotatable bonds is 7. The second-order valence-electron chi connectivity index (χ2n) is 6.12. The topological polar surface area (TPSA) is 54.0 Å². The number of fused-ring (bicyclic) bond motifs is 1. The molecule has 0 aliphatic rings. The smallest absolute Gasteiger partial charge is 0.221 e. The molecule has 0 spiro atoms. The molecule has 0 aliphatic heterocycles. The maximum atomic E-state index is 11.9. The lowest BCUT2D eigenvalue weighted by Gasteiger charge is -2.14. The third kappa shape index (κ3) is 4.88. The summed E-state index contributed by atoms with van der Waals surface area (Å²) in [5.41, 5.74) is 3.09. The zero-order chi connectivity index (χ0) is 17.5. The first-order valence-electron chi connectivity index (χ1n) is 8.62. The Labute approximate surface area is 148 Å². The van der Waals surface area contributed by atoms with Crippen LogP contribution in [0.5, 0.6) is 0 Å².